The third kappa shape index (κ3) is 3.33. The van der Waals surface area contributed by atoms with Crippen molar-refractivity contribution in [2.24, 2.45) is 0 Å². The summed E-state index contributed by atoms with van der Waals surface area (Å²) in [5.41, 5.74) is 0.209. The molecule has 21 heavy (non-hydrogen) atoms. The van der Waals surface area contributed by atoms with E-state index in [4.69, 9.17) is 10.00 Å². The van der Waals surface area contributed by atoms with Crippen LogP contribution >= 0.6 is 0 Å². The summed E-state index contributed by atoms with van der Waals surface area (Å²) in [5, 5.41) is 11.5. The van der Waals surface area contributed by atoms with Crippen LogP contribution in [0.4, 0.5) is 16.3 Å². The van der Waals surface area contributed by atoms with Gasteiger partial charge < -0.3 is 15.0 Å². The van der Waals surface area contributed by atoms with Gasteiger partial charge in [-0.05, 0) is 18.2 Å². The van der Waals surface area contributed by atoms with Crippen molar-refractivity contribution in [2.45, 2.75) is 0 Å². The van der Waals surface area contributed by atoms with Crippen molar-refractivity contribution in [1.29, 1.82) is 5.26 Å². The van der Waals surface area contributed by atoms with Crippen LogP contribution in [0, 0.1) is 17.1 Å². The Kier molecular flexibility index (Phi) is 4.13. The number of hydrogen-bond acceptors (Lipinski definition) is 7. The van der Waals surface area contributed by atoms with E-state index in [0.29, 0.717) is 11.9 Å². The Morgan fingerprint density at radius 2 is 2.05 bits per heavy atom. The molecule has 0 unspecified atom stereocenters. The van der Waals surface area contributed by atoms with Crippen molar-refractivity contribution in [3.05, 3.63) is 29.6 Å². The minimum atomic E-state index is -0.660. The predicted molar refractivity (Wildman–Crippen MR) is 74.9 cm³/mol. The average molecular weight is 288 g/mol. The summed E-state index contributed by atoms with van der Waals surface area (Å²) < 4.78 is 19.1. The van der Waals surface area contributed by atoms with E-state index in [1.165, 1.54) is 12.1 Å². The number of hydrogen-bond donors (Lipinski definition) is 1. The van der Waals surface area contributed by atoms with Gasteiger partial charge in [0.25, 0.3) is 0 Å². The highest BCUT2D eigenvalue weighted by molar-refractivity contribution is 5.40. The van der Waals surface area contributed by atoms with Gasteiger partial charge in [0.15, 0.2) is 11.6 Å². The Bertz CT molecular complexity index is 698. The summed E-state index contributed by atoms with van der Waals surface area (Å²) in [4.78, 5) is 13.9. The summed E-state index contributed by atoms with van der Waals surface area (Å²) in [6.45, 7) is 0. The Hall–Kier alpha value is -2.95. The van der Waals surface area contributed by atoms with Crippen LogP contribution in [-0.2, 0) is 0 Å². The van der Waals surface area contributed by atoms with E-state index < -0.39 is 5.82 Å². The van der Waals surface area contributed by atoms with Crippen LogP contribution in [0.3, 0.4) is 0 Å². The number of aromatic nitrogens is 3. The zero-order chi connectivity index (χ0) is 15.4. The second-order valence-corrected chi connectivity index (χ2v) is 4.25. The summed E-state index contributed by atoms with van der Waals surface area (Å²) >= 11 is 0. The van der Waals surface area contributed by atoms with Crippen LogP contribution in [0.25, 0.3) is 0 Å². The van der Waals surface area contributed by atoms with Gasteiger partial charge in [-0.1, -0.05) is 0 Å². The molecule has 2 rings (SSSR count). The van der Waals surface area contributed by atoms with E-state index >= 15 is 0 Å². The largest absolute Gasteiger partial charge is 0.421 e. The second kappa shape index (κ2) is 6.00. The van der Waals surface area contributed by atoms with Crippen molar-refractivity contribution < 1.29 is 9.13 Å². The molecule has 0 saturated carbocycles. The molecule has 1 heterocycles. The molecule has 0 amide bonds. The average Bonchev–Trinajstić information content (AvgIpc) is 2.48. The smallest absolute Gasteiger partial charge is 0.328 e. The molecule has 0 bridgehead atoms. The third-order valence-electron chi connectivity index (χ3n) is 2.49. The first kappa shape index (κ1) is 14.5. The van der Waals surface area contributed by atoms with Crippen molar-refractivity contribution in [2.75, 3.05) is 31.4 Å². The molecular formula is C13H13FN6O. The first-order chi connectivity index (χ1) is 10.0. The minimum Gasteiger partial charge on any atom is -0.421 e. The molecule has 0 fully saturated rings. The van der Waals surface area contributed by atoms with E-state index in [-0.39, 0.29) is 17.3 Å². The van der Waals surface area contributed by atoms with Gasteiger partial charge in [-0.2, -0.15) is 20.2 Å². The number of nitriles is 1. The van der Waals surface area contributed by atoms with Crippen LogP contribution in [-0.4, -0.2) is 36.1 Å². The van der Waals surface area contributed by atoms with Gasteiger partial charge >= 0.3 is 6.01 Å². The SMILES string of the molecule is CNc1nc(Oc2ccc(C#N)cc2F)nc(N(C)C)n1. The second-order valence-electron chi connectivity index (χ2n) is 4.25. The number of anilines is 2. The zero-order valence-electron chi connectivity index (χ0n) is 11.8. The number of nitrogens with one attached hydrogen (secondary N) is 1. The lowest BCUT2D eigenvalue weighted by Crippen LogP contribution is -2.15. The van der Waals surface area contributed by atoms with E-state index in [2.05, 4.69) is 20.3 Å². The molecule has 0 aliphatic heterocycles. The van der Waals surface area contributed by atoms with Crippen LogP contribution < -0.4 is 15.0 Å². The number of benzene rings is 1. The first-order valence-corrected chi connectivity index (χ1v) is 6.02. The van der Waals surface area contributed by atoms with E-state index in [1.807, 2.05) is 6.07 Å². The molecule has 1 aromatic carbocycles. The first-order valence-electron chi connectivity index (χ1n) is 6.02. The minimum absolute atomic E-state index is 0.0401. The van der Waals surface area contributed by atoms with Crippen molar-refractivity contribution in [1.82, 2.24) is 15.0 Å². The van der Waals surface area contributed by atoms with Gasteiger partial charge in [-0.3, -0.25) is 0 Å². The van der Waals surface area contributed by atoms with Gasteiger partial charge in [-0.15, -0.1) is 0 Å². The number of halogens is 1. The van der Waals surface area contributed by atoms with Crippen LogP contribution in [0.1, 0.15) is 5.56 Å². The summed E-state index contributed by atoms with van der Waals surface area (Å²) in [7, 11) is 5.18. The summed E-state index contributed by atoms with van der Waals surface area (Å²) in [6, 6.07) is 5.70. The Labute approximate surface area is 121 Å². The molecule has 2 aromatic rings. The van der Waals surface area contributed by atoms with Gasteiger partial charge in [0, 0.05) is 21.1 Å². The fourth-order valence-electron chi connectivity index (χ4n) is 1.45. The Balaban J connectivity index is 2.35. The molecule has 0 aliphatic rings. The molecule has 0 radical (unpaired) electrons. The molecule has 1 N–H and O–H groups in total. The van der Waals surface area contributed by atoms with Crippen molar-refractivity contribution in [3.8, 4) is 17.8 Å². The van der Waals surface area contributed by atoms with E-state index in [0.717, 1.165) is 6.07 Å². The number of ether oxygens (including phenoxy) is 1. The molecule has 108 valence electrons. The number of rotatable bonds is 4. The summed E-state index contributed by atoms with van der Waals surface area (Å²) in [6.07, 6.45) is 0. The van der Waals surface area contributed by atoms with Crippen molar-refractivity contribution in [3.63, 3.8) is 0 Å². The maximum atomic E-state index is 13.8. The highest BCUT2D eigenvalue weighted by atomic mass is 19.1. The lowest BCUT2D eigenvalue weighted by Gasteiger charge is -2.12. The van der Waals surface area contributed by atoms with Crippen LogP contribution in [0.15, 0.2) is 18.2 Å². The molecule has 7 nitrogen and oxygen atoms in total. The third-order valence-corrected chi connectivity index (χ3v) is 2.49. The monoisotopic (exact) mass is 288 g/mol. The quantitative estimate of drug-likeness (QED) is 0.917. The molecule has 0 spiro atoms. The van der Waals surface area contributed by atoms with Gasteiger partial charge in [0.1, 0.15) is 0 Å². The molecule has 0 saturated heterocycles. The normalized spacial score (nSPS) is 9.86. The van der Waals surface area contributed by atoms with E-state index in [1.54, 1.807) is 26.0 Å². The van der Waals surface area contributed by atoms with Crippen LogP contribution in [0.5, 0.6) is 11.8 Å². The molecule has 0 aliphatic carbocycles. The highest BCUT2D eigenvalue weighted by Crippen LogP contribution is 2.24. The molecular weight excluding hydrogens is 275 g/mol. The topological polar surface area (TPSA) is 87.0 Å². The van der Waals surface area contributed by atoms with E-state index in [9.17, 15) is 4.39 Å². The molecule has 8 heteroatoms. The fourth-order valence-corrected chi connectivity index (χ4v) is 1.45. The Morgan fingerprint density at radius 3 is 2.62 bits per heavy atom. The maximum absolute atomic E-state index is 13.8. The highest BCUT2D eigenvalue weighted by Gasteiger charge is 2.12. The molecule has 0 atom stereocenters. The van der Waals surface area contributed by atoms with Crippen LogP contribution in [0.2, 0.25) is 0 Å². The number of nitrogens with zero attached hydrogens (tertiary/aromatic N) is 5. The zero-order valence-corrected chi connectivity index (χ0v) is 11.8. The standard InChI is InChI=1S/C13H13FN6O/c1-16-11-17-12(20(2)3)19-13(18-11)21-10-5-4-8(7-15)6-9(10)14/h4-6H,1-3H3,(H,16,17,18,19). The van der Waals surface area contributed by atoms with Gasteiger partial charge in [0.05, 0.1) is 11.6 Å². The van der Waals surface area contributed by atoms with Crippen molar-refractivity contribution >= 4 is 11.9 Å². The fraction of sp³-hybridized carbons (Fsp3) is 0.231. The molecule has 1 aromatic heterocycles. The summed E-state index contributed by atoms with van der Waals surface area (Å²) in [5.74, 6) is -0.0463. The lowest BCUT2D eigenvalue weighted by atomic mass is 10.2. The Morgan fingerprint density at radius 1 is 1.29 bits per heavy atom. The maximum Gasteiger partial charge on any atom is 0.328 e. The van der Waals surface area contributed by atoms with Gasteiger partial charge in [-0.25, -0.2) is 4.39 Å². The van der Waals surface area contributed by atoms with Gasteiger partial charge in [0.2, 0.25) is 11.9 Å². The predicted octanol–water partition coefficient (Wildman–Crippen LogP) is 1.78. The lowest BCUT2D eigenvalue weighted by molar-refractivity contribution is 0.410.